The number of amides is 3. The molecule has 0 bridgehead atoms. The number of alkyl carbamates (subject to hydrolysis) is 1. The maximum Gasteiger partial charge on any atom is 0.414 e. The predicted octanol–water partition coefficient (Wildman–Crippen LogP) is 1.67. The molecule has 0 saturated carbocycles. The molecule has 0 radical (unpaired) electrons. The van der Waals surface area contributed by atoms with Crippen molar-refractivity contribution in [2.24, 2.45) is 0 Å². The summed E-state index contributed by atoms with van der Waals surface area (Å²) in [6, 6.07) is 5.55. The number of nitrogens with zero attached hydrogens (tertiary/aromatic N) is 2. The highest BCUT2D eigenvalue weighted by Crippen LogP contribution is 2.33. The first kappa shape index (κ1) is 17.1. The largest absolute Gasteiger partial charge is 0.453 e. The Bertz CT molecular complexity index is 706. The molecular formula is C17H21N3O5. The van der Waals surface area contributed by atoms with Crippen LogP contribution >= 0.6 is 0 Å². The van der Waals surface area contributed by atoms with Crippen molar-refractivity contribution < 1.29 is 23.9 Å². The van der Waals surface area contributed by atoms with Gasteiger partial charge in [-0.1, -0.05) is 6.92 Å². The first-order valence-corrected chi connectivity index (χ1v) is 8.26. The Kier molecular flexibility index (Phi) is 4.78. The highest BCUT2D eigenvalue weighted by atomic mass is 16.6. The van der Waals surface area contributed by atoms with Crippen molar-refractivity contribution in [3.63, 3.8) is 0 Å². The summed E-state index contributed by atoms with van der Waals surface area (Å²) >= 11 is 0. The zero-order valence-electron chi connectivity index (χ0n) is 14.3. The number of ether oxygens (including phenoxy) is 2. The second kappa shape index (κ2) is 7.00. The Morgan fingerprint density at radius 3 is 2.92 bits per heavy atom. The molecule has 1 fully saturated rings. The molecule has 2 heterocycles. The smallest absolute Gasteiger partial charge is 0.414 e. The highest BCUT2D eigenvalue weighted by molar-refractivity contribution is 6.02. The van der Waals surface area contributed by atoms with E-state index in [1.165, 1.54) is 12.0 Å². The fourth-order valence-electron chi connectivity index (χ4n) is 3.11. The fraction of sp³-hybridized carbons (Fsp3) is 0.471. The lowest BCUT2D eigenvalue weighted by Crippen LogP contribution is -2.34. The average molecular weight is 347 g/mol. The molecule has 1 saturated heterocycles. The third-order valence-electron chi connectivity index (χ3n) is 4.29. The molecule has 3 rings (SSSR count). The number of carbonyl (C=O) groups excluding carboxylic acids is 3. The van der Waals surface area contributed by atoms with Gasteiger partial charge in [-0.2, -0.15) is 0 Å². The molecule has 3 amide bonds. The molecule has 0 aliphatic carbocycles. The van der Waals surface area contributed by atoms with Crippen LogP contribution in [0.2, 0.25) is 0 Å². The van der Waals surface area contributed by atoms with Gasteiger partial charge in [0.15, 0.2) is 0 Å². The van der Waals surface area contributed by atoms with Gasteiger partial charge in [-0.05, 0) is 30.2 Å². The van der Waals surface area contributed by atoms with Crippen LogP contribution in [0.25, 0.3) is 0 Å². The van der Waals surface area contributed by atoms with Crippen LogP contribution < -0.4 is 15.1 Å². The topological polar surface area (TPSA) is 88.2 Å². The van der Waals surface area contributed by atoms with Gasteiger partial charge in [0.1, 0.15) is 6.10 Å². The Labute approximate surface area is 145 Å². The van der Waals surface area contributed by atoms with Crippen molar-refractivity contribution in [2.45, 2.75) is 25.9 Å². The summed E-state index contributed by atoms with van der Waals surface area (Å²) < 4.78 is 9.76. The molecule has 8 heteroatoms. The molecule has 0 spiro atoms. The standard InChI is InChI=1S/C17H21N3O5/c1-3-6-19-14-5-4-12(7-11(14)8-15(19)21)20-10-13(25-17(20)23)9-18-16(22)24-2/h4-5,7,13H,3,6,8-10H2,1-2H3,(H,18,22). The number of cyclic esters (lactones) is 1. The lowest BCUT2D eigenvalue weighted by atomic mass is 10.1. The second-order valence-electron chi connectivity index (χ2n) is 6.02. The van der Waals surface area contributed by atoms with Crippen LogP contribution in [0, 0.1) is 0 Å². The Morgan fingerprint density at radius 1 is 1.40 bits per heavy atom. The molecule has 1 aromatic rings. The van der Waals surface area contributed by atoms with Crippen molar-refractivity contribution >= 4 is 29.5 Å². The molecule has 25 heavy (non-hydrogen) atoms. The number of fused-ring (bicyclic) bond motifs is 1. The van der Waals surface area contributed by atoms with Crippen LogP contribution in [0.15, 0.2) is 18.2 Å². The van der Waals surface area contributed by atoms with Gasteiger partial charge < -0.3 is 19.7 Å². The number of nitrogens with one attached hydrogen (secondary N) is 1. The van der Waals surface area contributed by atoms with E-state index in [0.29, 0.717) is 25.2 Å². The van der Waals surface area contributed by atoms with E-state index in [1.54, 1.807) is 4.90 Å². The predicted molar refractivity (Wildman–Crippen MR) is 90.8 cm³/mol. The number of hydrogen-bond donors (Lipinski definition) is 1. The zero-order chi connectivity index (χ0) is 18.0. The molecule has 1 aromatic carbocycles. The summed E-state index contributed by atoms with van der Waals surface area (Å²) in [5, 5.41) is 2.52. The minimum atomic E-state index is -0.568. The van der Waals surface area contributed by atoms with Gasteiger partial charge in [0, 0.05) is 17.9 Å². The zero-order valence-corrected chi connectivity index (χ0v) is 14.3. The summed E-state index contributed by atoms with van der Waals surface area (Å²) in [6.07, 6.45) is -0.245. The van der Waals surface area contributed by atoms with Gasteiger partial charge in [-0.25, -0.2) is 9.59 Å². The minimum absolute atomic E-state index is 0.0816. The number of benzene rings is 1. The minimum Gasteiger partial charge on any atom is -0.453 e. The third kappa shape index (κ3) is 3.38. The third-order valence-corrected chi connectivity index (χ3v) is 4.29. The lowest BCUT2D eigenvalue weighted by molar-refractivity contribution is -0.117. The van der Waals surface area contributed by atoms with Crippen molar-refractivity contribution in [1.82, 2.24) is 5.32 Å². The van der Waals surface area contributed by atoms with Crippen molar-refractivity contribution in [2.75, 3.05) is 36.5 Å². The fourth-order valence-corrected chi connectivity index (χ4v) is 3.11. The van der Waals surface area contributed by atoms with Crippen LogP contribution in [-0.4, -0.2) is 50.9 Å². The number of hydrogen-bond acceptors (Lipinski definition) is 5. The second-order valence-corrected chi connectivity index (χ2v) is 6.02. The van der Waals surface area contributed by atoms with E-state index in [1.807, 2.05) is 25.1 Å². The SMILES string of the molecule is CCCN1C(=O)Cc2cc(N3CC(CNC(=O)OC)OC3=O)ccc21. The van der Waals surface area contributed by atoms with Crippen LogP contribution in [0.3, 0.4) is 0 Å². The van der Waals surface area contributed by atoms with E-state index in [0.717, 1.165) is 17.7 Å². The lowest BCUT2D eigenvalue weighted by Gasteiger charge is -2.18. The van der Waals surface area contributed by atoms with Crippen LogP contribution in [-0.2, 0) is 20.7 Å². The molecule has 2 aliphatic heterocycles. The van der Waals surface area contributed by atoms with Gasteiger partial charge in [0.05, 0.1) is 26.6 Å². The van der Waals surface area contributed by atoms with Crippen LogP contribution in [0.1, 0.15) is 18.9 Å². The van der Waals surface area contributed by atoms with E-state index in [9.17, 15) is 14.4 Å². The van der Waals surface area contributed by atoms with E-state index < -0.39 is 18.3 Å². The summed E-state index contributed by atoms with van der Waals surface area (Å²) in [4.78, 5) is 38.6. The van der Waals surface area contributed by atoms with Gasteiger partial charge in [0.2, 0.25) is 5.91 Å². The number of carbonyl (C=O) groups is 3. The van der Waals surface area contributed by atoms with Gasteiger partial charge >= 0.3 is 12.2 Å². The molecule has 0 aromatic heterocycles. The molecular weight excluding hydrogens is 326 g/mol. The highest BCUT2D eigenvalue weighted by Gasteiger charge is 2.34. The van der Waals surface area contributed by atoms with Crippen molar-refractivity contribution in [3.05, 3.63) is 23.8 Å². The molecule has 134 valence electrons. The van der Waals surface area contributed by atoms with E-state index in [4.69, 9.17) is 4.74 Å². The summed E-state index contributed by atoms with van der Waals surface area (Å²) in [7, 11) is 1.27. The van der Waals surface area contributed by atoms with Crippen molar-refractivity contribution in [1.29, 1.82) is 0 Å². The quantitative estimate of drug-likeness (QED) is 0.875. The Hall–Kier alpha value is -2.77. The van der Waals surface area contributed by atoms with Crippen LogP contribution in [0.4, 0.5) is 21.0 Å². The number of rotatable bonds is 5. The molecule has 8 nitrogen and oxygen atoms in total. The first-order chi connectivity index (χ1) is 12.0. The van der Waals surface area contributed by atoms with E-state index >= 15 is 0 Å². The molecule has 2 aliphatic rings. The van der Waals surface area contributed by atoms with E-state index in [2.05, 4.69) is 10.1 Å². The number of methoxy groups -OCH3 is 1. The summed E-state index contributed by atoms with van der Waals surface area (Å²) in [6.45, 7) is 3.23. The average Bonchev–Trinajstić information content (AvgIpc) is 3.12. The maximum atomic E-state index is 12.1. The summed E-state index contributed by atoms with van der Waals surface area (Å²) in [5.74, 6) is 0.0816. The van der Waals surface area contributed by atoms with Crippen LogP contribution in [0.5, 0.6) is 0 Å². The first-order valence-electron chi connectivity index (χ1n) is 8.26. The monoisotopic (exact) mass is 347 g/mol. The normalized spacial score (nSPS) is 19.0. The number of anilines is 2. The Balaban J connectivity index is 1.71. The van der Waals surface area contributed by atoms with Gasteiger partial charge in [-0.3, -0.25) is 9.69 Å². The van der Waals surface area contributed by atoms with Gasteiger partial charge in [0.25, 0.3) is 0 Å². The van der Waals surface area contributed by atoms with Gasteiger partial charge in [-0.15, -0.1) is 0 Å². The maximum absolute atomic E-state index is 12.1. The Morgan fingerprint density at radius 2 is 2.20 bits per heavy atom. The molecule has 1 atom stereocenters. The van der Waals surface area contributed by atoms with E-state index in [-0.39, 0.29) is 12.5 Å². The molecule has 1 N–H and O–H groups in total. The molecule has 1 unspecified atom stereocenters. The summed E-state index contributed by atoms with van der Waals surface area (Å²) in [5.41, 5.74) is 2.52. The van der Waals surface area contributed by atoms with Crippen molar-refractivity contribution in [3.8, 4) is 0 Å².